The van der Waals surface area contributed by atoms with Crippen LogP contribution in [0, 0.1) is 5.82 Å². The molecular weight excluding hydrogens is 209 g/mol. The molecule has 1 aliphatic rings. The van der Waals surface area contributed by atoms with Crippen LogP contribution in [0.2, 0.25) is 0 Å². The first-order valence-corrected chi connectivity index (χ1v) is 5.31. The van der Waals surface area contributed by atoms with Gasteiger partial charge in [-0.3, -0.25) is 4.79 Å². The summed E-state index contributed by atoms with van der Waals surface area (Å²) < 4.78 is 12.7. The number of benzene rings is 1. The number of hydrogen-bond acceptors (Lipinski definition) is 2. The average molecular weight is 223 g/mol. The highest BCUT2D eigenvalue weighted by molar-refractivity contribution is 5.94. The lowest BCUT2D eigenvalue weighted by Crippen LogP contribution is -2.63. The maximum absolute atomic E-state index is 12.7. The molecule has 1 aliphatic heterocycles. The number of halogens is 1. The molecule has 0 aliphatic carbocycles. The van der Waals surface area contributed by atoms with Crippen LogP contribution in [-0.4, -0.2) is 34.6 Å². The lowest BCUT2D eigenvalue weighted by molar-refractivity contribution is -0.0826. The number of β-amino-alcohol motifs (C(OH)–C–C–N with tert-alkyl or cyclic N) is 1. The number of hydrogen-bond donors (Lipinski definition) is 1. The molecule has 0 spiro atoms. The van der Waals surface area contributed by atoms with Crippen molar-refractivity contribution in [2.75, 3.05) is 13.1 Å². The Morgan fingerprint density at radius 1 is 1.44 bits per heavy atom. The Bertz CT molecular complexity index is 396. The quantitative estimate of drug-likeness (QED) is 0.823. The highest BCUT2D eigenvalue weighted by Gasteiger charge is 2.42. The van der Waals surface area contributed by atoms with E-state index in [-0.39, 0.29) is 11.7 Å². The van der Waals surface area contributed by atoms with Gasteiger partial charge in [0.15, 0.2) is 0 Å². The molecule has 4 heteroatoms. The molecular formula is C12H14FNO2. The van der Waals surface area contributed by atoms with Crippen LogP contribution in [0.15, 0.2) is 24.3 Å². The highest BCUT2D eigenvalue weighted by Crippen LogP contribution is 2.25. The SMILES string of the molecule is CCC1(O)CN(C(=O)c2ccc(F)cc2)C1. The van der Waals surface area contributed by atoms with Gasteiger partial charge in [0.2, 0.25) is 0 Å². The van der Waals surface area contributed by atoms with Crippen LogP contribution < -0.4 is 0 Å². The predicted molar refractivity (Wildman–Crippen MR) is 57.5 cm³/mol. The first-order chi connectivity index (χ1) is 7.54. The Morgan fingerprint density at radius 2 is 2.00 bits per heavy atom. The van der Waals surface area contributed by atoms with Crippen molar-refractivity contribution in [3.05, 3.63) is 35.6 Å². The number of carbonyl (C=O) groups excluding carboxylic acids is 1. The fraction of sp³-hybridized carbons (Fsp3) is 0.417. The monoisotopic (exact) mass is 223 g/mol. The Hall–Kier alpha value is -1.42. The minimum absolute atomic E-state index is 0.155. The second kappa shape index (κ2) is 3.87. The Kier molecular flexibility index (Phi) is 2.68. The largest absolute Gasteiger partial charge is 0.386 e. The molecule has 1 amide bonds. The first kappa shape index (κ1) is 11.1. The summed E-state index contributed by atoms with van der Waals surface area (Å²) in [5.74, 6) is -0.511. The van der Waals surface area contributed by atoms with E-state index in [1.165, 1.54) is 24.3 Å². The van der Waals surface area contributed by atoms with Crippen LogP contribution >= 0.6 is 0 Å². The summed E-state index contributed by atoms with van der Waals surface area (Å²) >= 11 is 0. The zero-order valence-electron chi connectivity index (χ0n) is 9.11. The maximum Gasteiger partial charge on any atom is 0.254 e. The van der Waals surface area contributed by atoms with Gasteiger partial charge in [0.1, 0.15) is 5.82 Å². The van der Waals surface area contributed by atoms with E-state index in [1.54, 1.807) is 4.90 Å². The summed E-state index contributed by atoms with van der Waals surface area (Å²) in [4.78, 5) is 13.4. The summed E-state index contributed by atoms with van der Waals surface area (Å²) in [6.07, 6.45) is 0.639. The Morgan fingerprint density at radius 3 is 2.50 bits per heavy atom. The summed E-state index contributed by atoms with van der Waals surface area (Å²) in [5.41, 5.74) is -0.269. The van der Waals surface area contributed by atoms with Gasteiger partial charge in [-0.15, -0.1) is 0 Å². The number of rotatable bonds is 2. The van der Waals surface area contributed by atoms with Gasteiger partial charge in [0.25, 0.3) is 5.91 Å². The molecule has 0 atom stereocenters. The van der Waals surface area contributed by atoms with Crippen molar-refractivity contribution >= 4 is 5.91 Å². The maximum atomic E-state index is 12.7. The van der Waals surface area contributed by atoms with E-state index in [2.05, 4.69) is 0 Å². The van der Waals surface area contributed by atoms with Gasteiger partial charge in [-0.05, 0) is 30.7 Å². The third-order valence-corrected chi connectivity index (χ3v) is 3.01. The minimum Gasteiger partial charge on any atom is -0.386 e. The van der Waals surface area contributed by atoms with E-state index in [9.17, 15) is 14.3 Å². The highest BCUT2D eigenvalue weighted by atomic mass is 19.1. The Labute approximate surface area is 93.5 Å². The molecule has 1 saturated heterocycles. The van der Waals surface area contributed by atoms with E-state index in [1.807, 2.05) is 6.92 Å². The minimum atomic E-state index is -0.726. The molecule has 0 aromatic heterocycles. The Balaban J connectivity index is 2.03. The number of nitrogens with zero attached hydrogens (tertiary/aromatic N) is 1. The van der Waals surface area contributed by atoms with Crippen molar-refractivity contribution in [2.24, 2.45) is 0 Å². The molecule has 3 nitrogen and oxygen atoms in total. The predicted octanol–water partition coefficient (Wildman–Crippen LogP) is 1.42. The van der Waals surface area contributed by atoms with Crippen molar-refractivity contribution in [1.82, 2.24) is 4.90 Å². The van der Waals surface area contributed by atoms with Gasteiger partial charge in [0, 0.05) is 5.56 Å². The molecule has 1 heterocycles. The summed E-state index contributed by atoms with van der Waals surface area (Å²) in [6.45, 7) is 2.61. The summed E-state index contributed by atoms with van der Waals surface area (Å²) in [5, 5.41) is 9.78. The van der Waals surface area contributed by atoms with E-state index in [4.69, 9.17) is 0 Å². The molecule has 0 unspecified atom stereocenters. The van der Waals surface area contributed by atoms with Gasteiger partial charge in [-0.25, -0.2) is 4.39 Å². The zero-order chi connectivity index (χ0) is 11.8. The fourth-order valence-electron chi connectivity index (χ4n) is 1.81. The molecule has 1 fully saturated rings. The third kappa shape index (κ3) is 1.93. The summed E-state index contributed by atoms with van der Waals surface area (Å²) in [7, 11) is 0. The van der Waals surface area contributed by atoms with Crippen molar-refractivity contribution < 1.29 is 14.3 Å². The topological polar surface area (TPSA) is 40.5 Å². The molecule has 0 saturated carbocycles. The van der Waals surface area contributed by atoms with Crippen molar-refractivity contribution in [1.29, 1.82) is 0 Å². The summed E-state index contributed by atoms with van der Waals surface area (Å²) in [6, 6.07) is 5.44. The second-order valence-corrected chi connectivity index (χ2v) is 4.25. The van der Waals surface area contributed by atoms with Crippen molar-refractivity contribution in [2.45, 2.75) is 18.9 Å². The van der Waals surface area contributed by atoms with Crippen LogP contribution in [0.1, 0.15) is 23.7 Å². The lowest BCUT2D eigenvalue weighted by Gasteiger charge is -2.46. The number of amides is 1. The normalized spacial score (nSPS) is 18.1. The number of likely N-dealkylation sites (tertiary alicyclic amines) is 1. The van der Waals surface area contributed by atoms with Crippen molar-refractivity contribution in [3.63, 3.8) is 0 Å². The molecule has 86 valence electrons. The van der Waals surface area contributed by atoms with E-state index >= 15 is 0 Å². The van der Waals surface area contributed by atoms with Gasteiger partial charge in [0.05, 0.1) is 18.7 Å². The third-order valence-electron chi connectivity index (χ3n) is 3.01. The molecule has 0 bridgehead atoms. The molecule has 0 radical (unpaired) electrons. The first-order valence-electron chi connectivity index (χ1n) is 5.31. The van der Waals surface area contributed by atoms with Gasteiger partial charge < -0.3 is 10.0 Å². The average Bonchev–Trinajstić information content (AvgIpc) is 2.25. The molecule has 1 N–H and O–H groups in total. The number of carbonyl (C=O) groups is 1. The van der Waals surface area contributed by atoms with E-state index in [0.717, 1.165) is 0 Å². The molecule has 16 heavy (non-hydrogen) atoms. The van der Waals surface area contributed by atoms with Crippen molar-refractivity contribution in [3.8, 4) is 0 Å². The second-order valence-electron chi connectivity index (χ2n) is 4.25. The lowest BCUT2D eigenvalue weighted by atomic mass is 9.90. The van der Waals surface area contributed by atoms with Crippen LogP contribution in [0.3, 0.4) is 0 Å². The van der Waals surface area contributed by atoms with Crippen LogP contribution in [0.5, 0.6) is 0 Å². The van der Waals surface area contributed by atoms with Crippen LogP contribution in [0.25, 0.3) is 0 Å². The van der Waals surface area contributed by atoms with E-state index in [0.29, 0.717) is 25.1 Å². The van der Waals surface area contributed by atoms with Gasteiger partial charge >= 0.3 is 0 Å². The fourth-order valence-corrected chi connectivity index (χ4v) is 1.81. The van der Waals surface area contributed by atoms with Crippen LogP contribution in [-0.2, 0) is 0 Å². The smallest absolute Gasteiger partial charge is 0.254 e. The van der Waals surface area contributed by atoms with Gasteiger partial charge in [-0.1, -0.05) is 6.92 Å². The standard InChI is InChI=1S/C12H14FNO2/c1-2-12(16)7-14(8-12)11(15)9-3-5-10(13)6-4-9/h3-6,16H,2,7-8H2,1H3. The zero-order valence-corrected chi connectivity index (χ0v) is 9.11. The van der Waals surface area contributed by atoms with E-state index < -0.39 is 5.60 Å². The molecule has 1 aromatic carbocycles. The van der Waals surface area contributed by atoms with Crippen LogP contribution in [0.4, 0.5) is 4.39 Å². The molecule has 2 rings (SSSR count). The number of aliphatic hydroxyl groups is 1. The molecule has 1 aromatic rings. The van der Waals surface area contributed by atoms with Gasteiger partial charge in [-0.2, -0.15) is 0 Å².